The van der Waals surface area contributed by atoms with E-state index in [0.29, 0.717) is 11.8 Å². The van der Waals surface area contributed by atoms with Crippen molar-refractivity contribution in [1.82, 2.24) is 0 Å². The molecule has 0 atom stereocenters. The summed E-state index contributed by atoms with van der Waals surface area (Å²) in [6.45, 7) is 6.08. The monoisotopic (exact) mass is 288 g/mol. The summed E-state index contributed by atoms with van der Waals surface area (Å²) in [5.41, 5.74) is 2.84. The third-order valence-electron chi connectivity index (χ3n) is 5.01. The molecule has 1 heterocycles. The summed E-state index contributed by atoms with van der Waals surface area (Å²) >= 11 is 0. The van der Waals surface area contributed by atoms with Gasteiger partial charge in [0.05, 0.1) is 13.2 Å². The van der Waals surface area contributed by atoms with Crippen LogP contribution in [0, 0.1) is 24.7 Å². The standard InChI is InChI=1S/C19H28O2/c1-14-3-5-16(6-4-14)11-17-7-9-18(10-8-17)19-20-12-15(2)13-21-19/h3-6,15,17-19H,7-13H2,1-2H3. The van der Waals surface area contributed by atoms with Crippen LogP contribution in [-0.2, 0) is 15.9 Å². The lowest BCUT2D eigenvalue weighted by Crippen LogP contribution is -2.37. The van der Waals surface area contributed by atoms with Crippen molar-refractivity contribution in [3.8, 4) is 0 Å². The first-order valence-electron chi connectivity index (χ1n) is 8.49. The van der Waals surface area contributed by atoms with E-state index in [0.717, 1.165) is 19.1 Å². The van der Waals surface area contributed by atoms with Crippen LogP contribution < -0.4 is 0 Å². The lowest BCUT2D eigenvalue weighted by molar-refractivity contribution is -0.226. The topological polar surface area (TPSA) is 18.5 Å². The van der Waals surface area contributed by atoms with Crippen molar-refractivity contribution >= 4 is 0 Å². The molecule has 2 nitrogen and oxygen atoms in total. The van der Waals surface area contributed by atoms with Gasteiger partial charge in [-0.15, -0.1) is 0 Å². The van der Waals surface area contributed by atoms with E-state index in [9.17, 15) is 0 Å². The van der Waals surface area contributed by atoms with Crippen LogP contribution in [0.2, 0.25) is 0 Å². The molecule has 0 radical (unpaired) electrons. The zero-order chi connectivity index (χ0) is 14.7. The van der Waals surface area contributed by atoms with Crippen molar-refractivity contribution in [1.29, 1.82) is 0 Å². The molecule has 1 saturated heterocycles. The van der Waals surface area contributed by atoms with Crippen molar-refractivity contribution in [2.45, 2.75) is 52.2 Å². The Morgan fingerprint density at radius 1 is 0.952 bits per heavy atom. The third kappa shape index (κ3) is 4.08. The second-order valence-corrected chi connectivity index (χ2v) is 7.11. The molecule has 1 saturated carbocycles. The molecule has 1 aliphatic heterocycles. The Labute approximate surface area is 128 Å². The highest BCUT2D eigenvalue weighted by atomic mass is 16.7. The smallest absolute Gasteiger partial charge is 0.160 e. The van der Waals surface area contributed by atoms with Gasteiger partial charge in [0.25, 0.3) is 0 Å². The minimum Gasteiger partial charge on any atom is -0.352 e. The van der Waals surface area contributed by atoms with Gasteiger partial charge in [0, 0.05) is 11.8 Å². The Morgan fingerprint density at radius 2 is 1.57 bits per heavy atom. The molecule has 1 aliphatic carbocycles. The van der Waals surface area contributed by atoms with Crippen molar-refractivity contribution in [2.24, 2.45) is 17.8 Å². The molecule has 2 aliphatic rings. The summed E-state index contributed by atoms with van der Waals surface area (Å²) in [5.74, 6) is 2.01. The SMILES string of the molecule is Cc1ccc(CC2CCC(C3OCC(C)CO3)CC2)cc1. The Morgan fingerprint density at radius 3 is 2.19 bits per heavy atom. The van der Waals surface area contributed by atoms with Crippen LogP contribution >= 0.6 is 0 Å². The van der Waals surface area contributed by atoms with E-state index in [-0.39, 0.29) is 6.29 Å². The Hall–Kier alpha value is -0.860. The Bertz CT molecular complexity index is 423. The van der Waals surface area contributed by atoms with Gasteiger partial charge < -0.3 is 9.47 Å². The van der Waals surface area contributed by atoms with Crippen LogP contribution in [0.3, 0.4) is 0 Å². The summed E-state index contributed by atoms with van der Waals surface area (Å²) in [7, 11) is 0. The molecule has 1 aromatic rings. The molecule has 2 heteroatoms. The molecule has 3 rings (SSSR count). The summed E-state index contributed by atoms with van der Waals surface area (Å²) in [6, 6.07) is 9.03. The van der Waals surface area contributed by atoms with Crippen molar-refractivity contribution in [2.75, 3.05) is 13.2 Å². The number of aryl methyl sites for hydroxylation is 1. The average molecular weight is 288 g/mol. The minimum atomic E-state index is 0.0709. The average Bonchev–Trinajstić information content (AvgIpc) is 2.51. The summed E-state index contributed by atoms with van der Waals surface area (Å²) in [5, 5.41) is 0. The first-order chi connectivity index (χ1) is 10.2. The van der Waals surface area contributed by atoms with E-state index < -0.39 is 0 Å². The Balaban J connectivity index is 1.45. The lowest BCUT2D eigenvalue weighted by Gasteiger charge is -2.37. The van der Waals surface area contributed by atoms with Crippen LogP contribution in [0.15, 0.2) is 24.3 Å². The first kappa shape index (κ1) is 15.1. The van der Waals surface area contributed by atoms with E-state index in [4.69, 9.17) is 9.47 Å². The van der Waals surface area contributed by atoms with Crippen molar-refractivity contribution < 1.29 is 9.47 Å². The molecule has 1 aromatic carbocycles. The fourth-order valence-electron chi connectivity index (χ4n) is 3.61. The molecule has 0 bridgehead atoms. The molecule has 0 amide bonds. The van der Waals surface area contributed by atoms with Gasteiger partial charge in [0.1, 0.15) is 0 Å². The van der Waals surface area contributed by atoms with Gasteiger partial charge in [-0.05, 0) is 50.5 Å². The van der Waals surface area contributed by atoms with Gasteiger partial charge in [-0.25, -0.2) is 0 Å². The van der Waals surface area contributed by atoms with E-state index >= 15 is 0 Å². The summed E-state index contributed by atoms with van der Waals surface area (Å²) < 4.78 is 11.7. The van der Waals surface area contributed by atoms with Gasteiger partial charge >= 0.3 is 0 Å². The maximum Gasteiger partial charge on any atom is 0.160 e. The highest BCUT2D eigenvalue weighted by molar-refractivity contribution is 5.21. The lowest BCUT2D eigenvalue weighted by atomic mass is 9.79. The number of hydrogen-bond donors (Lipinski definition) is 0. The number of ether oxygens (including phenoxy) is 2. The maximum atomic E-state index is 5.87. The summed E-state index contributed by atoms with van der Waals surface area (Å²) in [6.07, 6.45) is 6.46. The van der Waals surface area contributed by atoms with Crippen LogP contribution in [0.25, 0.3) is 0 Å². The molecule has 0 unspecified atom stereocenters. The molecule has 0 aromatic heterocycles. The first-order valence-corrected chi connectivity index (χ1v) is 8.49. The van der Waals surface area contributed by atoms with Gasteiger partial charge in [-0.2, -0.15) is 0 Å². The van der Waals surface area contributed by atoms with E-state index in [1.165, 1.54) is 43.2 Å². The van der Waals surface area contributed by atoms with Crippen molar-refractivity contribution in [3.63, 3.8) is 0 Å². The van der Waals surface area contributed by atoms with Crippen molar-refractivity contribution in [3.05, 3.63) is 35.4 Å². The normalized spacial score (nSPS) is 33.8. The maximum absolute atomic E-state index is 5.87. The molecular weight excluding hydrogens is 260 g/mol. The number of hydrogen-bond acceptors (Lipinski definition) is 2. The highest BCUT2D eigenvalue weighted by Crippen LogP contribution is 2.35. The zero-order valence-electron chi connectivity index (χ0n) is 13.4. The second-order valence-electron chi connectivity index (χ2n) is 7.11. The third-order valence-corrected chi connectivity index (χ3v) is 5.01. The Kier molecular flexibility index (Phi) is 4.97. The molecular formula is C19H28O2. The van der Waals surface area contributed by atoms with Gasteiger partial charge in [-0.1, -0.05) is 36.8 Å². The van der Waals surface area contributed by atoms with Crippen LogP contribution in [0.4, 0.5) is 0 Å². The van der Waals surface area contributed by atoms with E-state index in [1.807, 2.05) is 0 Å². The summed E-state index contributed by atoms with van der Waals surface area (Å²) in [4.78, 5) is 0. The van der Waals surface area contributed by atoms with Gasteiger partial charge in [-0.3, -0.25) is 0 Å². The van der Waals surface area contributed by atoms with Crippen LogP contribution in [0.5, 0.6) is 0 Å². The van der Waals surface area contributed by atoms with Gasteiger partial charge in [0.15, 0.2) is 6.29 Å². The largest absolute Gasteiger partial charge is 0.352 e. The van der Waals surface area contributed by atoms with Crippen LogP contribution in [-0.4, -0.2) is 19.5 Å². The number of rotatable bonds is 3. The molecule has 2 fully saturated rings. The predicted molar refractivity (Wildman–Crippen MR) is 85.2 cm³/mol. The fourth-order valence-corrected chi connectivity index (χ4v) is 3.61. The molecule has 0 spiro atoms. The zero-order valence-corrected chi connectivity index (χ0v) is 13.4. The fraction of sp³-hybridized carbons (Fsp3) is 0.684. The van der Waals surface area contributed by atoms with Crippen LogP contribution in [0.1, 0.15) is 43.7 Å². The predicted octanol–water partition coefficient (Wildman–Crippen LogP) is 4.35. The quantitative estimate of drug-likeness (QED) is 0.823. The highest BCUT2D eigenvalue weighted by Gasteiger charge is 2.31. The van der Waals surface area contributed by atoms with Gasteiger partial charge in [0.2, 0.25) is 0 Å². The van der Waals surface area contributed by atoms with E-state index in [1.54, 1.807) is 0 Å². The molecule has 0 N–H and O–H groups in total. The van der Waals surface area contributed by atoms with E-state index in [2.05, 4.69) is 38.1 Å². The molecule has 21 heavy (non-hydrogen) atoms. The minimum absolute atomic E-state index is 0.0709. The molecule has 116 valence electrons. The second kappa shape index (κ2) is 6.93. The number of benzene rings is 1.